The molecule has 0 spiro atoms. The molecular formula is C13H11N7OS2. The van der Waals surface area contributed by atoms with Gasteiger partial charge in [-0.2, -0.15) is 9.61 Å². The van der Waals surface area contributed by atoms with Crippen LogP contribution < -0.4 is 5.73 Å². The molecular weight excluding hydrogens is 334 g/mol. The zero-order chi connectivity index (χ0) is 15.6. The lowest BCUT2D eigenvalue weighted by Crippen LogP contribution is -2.13. The second-order valence-electron chi connectivity index (χ2n) is 5.41. The molecule has 1 aliphatic carbocycles. The van der Waals surface area contributed by atoms with E-state index in [0.29, 0.717) is 10.9 Å². The third-order valence-corrected chi connectivity index (χ3v) is 6.25. The monoisotopic (exact) mass is 345 g/mol. The van der Waals surface area contributed by atoms with Crippen molar-refractivity contribution in [3.63, 3.8) is 0 Å². The minimum atomic E-state index is -0.376. The molecule has 4 heterocycles. The molecule has 0 saturated heterocycles. The number of thioether (sulfide) groups is 1. The molecule has 0 radical (unpaired) electrons. The molecule has 0 bridgehead atoms. The first-order chi connectivity index (χ1) is 11.2. The van der Waals surface area contributed by atoms with Crippen molar-refractivity contribution in [2.75, 3.05) is 5.75 Å². The molecule has 23 heavy (non-hydrogen) atoms. The van der Waals surface area contributed by atoms with Crippen molar-refractivity contribution in [2.24, 2.45) is 5.73 Å². The van der Waals surface area contributed by atoms with E-state index in [0.717, 1.165) is 28.7 Å². The van der Waals surface area contributed by atoms with E-state index in [-0.39, 0.29) is 11.7 Å². The van der Waals surface area contributed by atoms with Crippen molar-refractivity contribution in [2.45, 2.75) is 24.4 Å². The maximum atomic E-state index is 11.1. The fourth-order valence-corrected chi connectivity index (χ4v) is 5.26. The van der Waals surface area contributed by atoms with E-state index in [1.165, 1.54) is 28.6 Å². The van der Waals surface area contributed by atoms with E-state index in [4.69, 9.17) is 5.73 Å². The molecule has 0 atom stereocenters. The maximum Gasteiger partial charge on any atom is 0.260 e. The third kappa shape index (κ3) is 1.75. The summed E-state index contributed by atoms with van der Waals surface area (Å²) in [6, 6.07) is 0. The number of nitrogens with two attached hydrogens (primary N) is 1. The van der Waals surface area contributed by atoms with Crippen molar-refractivity contribution in [3.05, 3.63) is 16.8 Å². The topological polar surface area (TPSA) is 103 Å². The summed E-state index contributed by atoms with van der Waals surface area (Å²) in [4.78, 5) is 18.0. The zero-order valence-corrected chi connectivity index (χ0v) is 13.5. The van der Waals surface area contributed by atoms with Gasteiger partial charge in [0.15, 0.2) is 10.8 Å². The summed E-state index contributed by atoms with van der Waals surface area (Å²) >= 11 is 3.05. The first kappa shape index (κ1) is 13.3. The maximum absolute atomic E-state index is 11.1. The average Bonchev–Trinajstić information content (AvgIpc) is 3.25. The second kappa shape index (κ2) is 4.65. The highest BCUT2D eigenvalue weighted by molar-refractivity contribution is 7.99. The van der Waals surface area contributed by atoms with E-state index >= 15 is 0 Å². The highest BCUT2D eigenvalue weighted by Gasteiger charge is 2.25. The van der Waals surface area contributed by atoms with Crippen molar-refractivity contribution >= 4 is 50.6 Å². The summed E-state index contributed by atoms with van der Waals surface area (Å²) in [5, 5.41) is 14.5. The number of hydrogen-bond donors (Lipinski definition) is 1. The molecule has 10 heteroatoms. The SMILES string of the molecule is NC(=O)CSc1nnc2n3ncnc3c3c4c(sc3n12)CCC4. The molecule has 0 saturated carbocycles. The minimum Gasteiger partial charge on any atom is -0.369 e. The summed E-state index contributed by atoms with van der Waals surface area (Å²) in [5.41, 5.74) is 7.45. The van der Waals surface area contributed by atoms with Gasteiger partial charge in [0.05, 0.1) is 11.1 Å². The smallest absolute Gasteiger partial charge is 0.260 e. The van der Waals surface area contributed by atoms with Crippen LogP contribution in [0.3, 0.4) is 0 Å². The van der Waals surface area contributed by atoms with Crippen molar-refractivity contribution in [1.82, 2.24) is 29.2 Å². The molecule has 4 aromatic heterocycles. The number of aromatic nitrogens is 6. The Morgan fingerprint density at radius 1 is 1.39 bits per heavy atom. The van der Waals surface area contributed by atoms with E-state index in [2.05, 4.69) is 20.3 Å². The predicted octanol–water partition coefficient (Wildman–Crippen LogP) is 1.05. The summed E-state index contributed by atoms with van der Waals surface area (Å²) in [6.07, 6.45) is 4.89. The highest BCUT2D eigenvalue weighted by atomic mass is 32.2. The standard InChI is InChI=1S/C13H11N7OS2/c14-8(21)4-22-13-18-17-12-19(13)11-9(10-15-5-16-20(10)12)6-2-1-3-7(6)23-11/h5H,1-4H2,(H2,14,21). The van der Waals surface area contributed by atoms with Crippen LogP contribution in [0.4, 0.5) is 0 Å². The first-order valence-corrected chi connectivity index (χ1v) is 8.96. The summed E-state index contributed by atoms with van der Waals surface area (Å²) in [7, 11) is 0. The van der Waals surface area contributed by atoms with Gasteiger partial charge in [-0.3, -0.25) is 4.79 Å². The lowest BCUT2D eigenvalue weighted by Gasteiger charge is -2.03. The molecule has 4 aromatic rings. The van der Waals surface area contributed by atoms with Crippen molar-refractivity contribution in [1.29, 1.82) is 0 Å². The van der Waals surface area contributed by atoms with Crippen molar-refractivity contribution < 1.29 is 4.79 Å². The normalized spacial score (nSPS) is 14.3. The molecule has 0 aliphatic heterocycles. The number of rotatable bonds is 3. The molecule has 1 amide bonds. The van der Waals surface area contributed by atoms with Gasteiger partial charge in [0.25, 0.3) is 5.78 Å². The Hall–Kier alpha value is -2.20. The van der Waals surface area contributed by atoms with Gasteiger partial charge in [-0.1, -0.05) is 11.8 Å². The number of aryl methyl sites for hydroxylation is 2. The van der Waals surface area contributed by atoms with Crippen LogP contribution in [0.5, 0.6) is 0 Å². The van der Waals surface area contributed by atoms with Gasteiger partial charge in [0.1, 0.15) is 11.2 Å². The number of fused-ring (bicyclic) bond motifs is 8. The van der Waals surface area contributed by atoms with E-state index < -0.39 is 0 Å². The Balaban J connectivity index is 1.90. The van der Waals surface area contributed by atoms with Gasteiger partial charge < -0.3 is 5.73 Å². The Morgan fingerprint density at radius 2 is 2.30 bits per heavy atom. The number of hydrogen-bond acceptors (Lipinski definition) is 7. The first-order valence-electron chi connectivity index (χ1n) is 7.16. The van der Waals surface area contributed by atoms with Gasteiger partial charge in [-0.05, 0) is 24.8 Å². The molecule has 0 aromatic carbocycles. The van der Waals surface area contributed by atoms with Gasteiger partial charge in [0, 0.05) is 4.88 Å². The third-order valence-electron chi connectivity index (χ3n) is 4.03. The van der Waals surface area contributed by atoms with Gasteiger partial charge >= 0.3 is 0 Å². The van der Waals surface area contributed by atoms with Crippen LogP contribution in [-0.4, -0.2) is 40.9 Å². The van der Waals surface area contributed by atoms with Crippen LogP contribution in [0.2, 0.25) is 0 Å². The lowest BCUT2D eigenvalue weighted by molar-refractivity contribution is -0.115. The number of thiophene rings is 1. The van der Waals surface area contributed by atoms with Crippen molar-refractivity contribution in [3.8, 4) is 0 Å². The predicted molar refractivity (Wildman–Crippen MR) is 86.9 cm³/mol. The number of primary amides is 1. The fraction of sp³-hybridized carbons (Fsp3) is 0.308. The molecule has 5 rings (SSSR count). The van der Waals surface area contributed by atoms with Crippen LogP contribution in [0.25, 0.3) is 21.6 Å². The summed E-state index contributed by atoms with van der Waals surface area (Å²) < 4.78 is 3.68. The van der Waals surface area contributed by atoms with Crippen LogP contribution in [0.15, 0.2) is 11.5 Å². The lowest BCUT2D eigenvalue weighted by atomic mass is 10.2. The van der Waals surface area contributed by atoms with E-state index in [1.54, 1.807) is 22.2 Å². The molecule has 0 fully saturated rings. The Bertz CT molecular complexity index is 1090. The molecule has 116 valence electrons. The summed E-state index contributed by atoms with van der Waals surface area (Å²) in [6.45, 7) is 0. The Labute approximate surface area is 137 Å². The van der Waals surface area contributed by atoms with Gasteiger partial charge in [0.2, 0.25) is 5.91 Å². The quantitative estimate of drug-likeness (QED) is 0.557. The second-order valence-corrected chi connectivity index (χ2v) is 7.43. The van der Waals surface area contributed by atoms with Gasteiger partial charge in [-0.15, -0.1) is 21.5 Å². The molecule has 8 nitrogen and oxygen atoms in total. The largest absolute Gasteiger partial charge is 0.369 e. The number of amides is 1. The number of carbonyl (C=O) groups excluding carboxylic acids is 1. The Kier molecular flexibility index (Phi) is 2.68. The molecule has 0 unspecified atom stereocenters. The molecule has 1 aliphatic rings. The number of nitrogens with zero attached hydrogens (tertiary/aromatic N) is 6. The number of carbonyl (C=O) groups is 1. The fourth-order valence-electron chi connectivity index (χ4n) is 3.14. The minimum absolute atomic E-state index is 0.169. The van der Waals surface area contributed by atoms with E-state index in [1.807, 2.05) is 4.40 Å². The average molecular weight is 345 g/mol. The zero-order valence-electron chi connectivity index (χ0n) is 11.9. The van der Waals surface area contributed by atoms with Crippen LogP contribution in [0.1, 0.15) is 16.9 Å². The van der Waals surface area contributed by atoms with Crippen LogP contribution in [0, 0.1) is 0 Å². The van der Waals surface area contributed by atoms with Gasteiger partial charge in [-0.25, -0.2) is 9.38 Å². The molecule has 2 N–H and O–H groups in total. The Morgan fingerprint density at radius 3 is 3.17 bits per heavy atom. The highest BCUT2D eigenvalue weighted by Crippen LogP contribution is 2.40. The van der Waals surface area contributed by atoms with E-state index in [9.17, 15) is 4.79 Å². The van der Waals surface area contributed by atoms with Crippen LogP contribution in [-0.2, 0) is 17.6 Å². The summed E-state index contributed by atoms with van der Waals surface area (Å²) in [5.74, 6) is 0.401. The van der Waals surface area contributed by atoms with Crippen LogP contribution >= 0.6 is 23.1 Å².